The van der Waals surface area contributed by atoms with Crippen molar-refractivity contribution in [1.82, 2.24) is 10.2 Å². The average molecular weight is 238 g/mol. The Bertz CT molecular complexity index is 213. The summed E-state index contributed by atoms with van der Waals surface area (Å²) < 4.78 is 0. The van der Waals surface area contributed by atoms with E-state index in [2.05, 4.69) is 31.1 Å². The molecule has 0 aromatic carbocycles. The molecule has 2 atom stereocenters. The Morgan fingerprint density at radius 1 is 1.12 bits per heavy atom. The molecule has 2 fully saturated rings. The van der Waals surface area contributed by atoms with Crippen molar-refractivity contribution in [1.29, 1.82) is 0 Å². The van der Waals surface area contributed by atoms with E-state index in [0.29, 0.717) is 0 Å². The third-order valence-corrected chi connectivity index (χ3v) is 4.74. The zero-order chi connectivity index (χ0) is 12.3. The molecule has 100 valence electrons. The van der Waals surface area contributed by atoms with E-state index in [1.807, 2.05) is 0 Å². The number of piperidine rings is 1. The lowest BCUT2D eigenvalue weighted by atomic mass is 9.98. The maximum Gasteiger partial charge on any atom is 0.0111 e. The molecule has 0 radical (unpaired) electrons. The van der Waals surface area contributed by atoms with Gasteiger partial charge in [0.15, 0.2) is 0 Å². The summed E-state index contributed by atoms with van der Waals surface area (Å²) in [6, 6.07) is 2.56. The molecular formula is C15H30N2. The van der Waals surface area contributed by atoms with Gasteiger partial charge in [-0.15, -0.1) is 0 Å². The third-order valence-electron chi connectivity index (χ3n) is 4.74. The molecule has 0 aromatic heterocycles. The molecule has 0 spiro atoms. The second-order valence-electron chi connectivity index (χ2n) is 6.56. The van der Waals surface area contributed by atoms with E-state index in [4.69, 9.17) is 0 Å². The zero-order valence-corrected chi connectivity index (χ0v) is 11.9. The Kier molecular flexibility index (Phi) is 4.87. The predicted octanol–water partition coefficient (Wildman–Crippen LogP) is 3.03. The molecule has 2 bridgehead atoms. The van der Waals surface area contributed by atoms with Gasteiger partial charge in [-0.3, -0.25) is 0 Å². The van der Waals surface area contributed by atoms with Crippen LogP contribution in [-0.4, -0.2) is 36.6 Å². The van der Waals surface area contributed by atoms with Gasteiger partial charge in [0.25, 0.3) is 0 Å². The van der Waals surface area contributed by atoms with Crippen LogP contribution < -0.4 is 5.32 Å². The minimum atomic E-state index is 0.808. The van der Waals surface area contributed by atoms with E-state index in [1.165, 1.54) is 51.5 Å². The molecule has 17 heavy (non-hydrogen) atoms. The first kappa shape index (κ1) is 13.4. The van der Waals surface area contributed by atoms with Gasteiger partial charge in [-0.1, -0.05) is 26.7 Å². The lowest BCUT2D eigenvalue weighted by Gasteiger charge is -2.36. The smallest absolute Gasteiger partial charge is 0.0111 e. The fourth-order valence-electron chi connectivity index (χ4n) is 3.56. The van der Waals surface area contributed by atoms with E-state index in [1.54, 1.807) is 0 Å². The minimum Gasteiger partial charge on any atom is -0.314 e. The molecule has 2 saturated heterocycles. The Morgan fingerprint density at radius 3 is 2.35 bits per heavy atom. The summed E-state index contributed by atoms with van der Waals surface area (Å²) in [5, 5.41) is 3.79. The number of nitrogens with one attached hydrogen (secondary N) is 1. The normalized spacial score (nSPS) is 33.5. The lowest BCUT2D eigenvalue weighted by Crippen LogP contribution is -2.47. The van der Waals surface area contributed by atoms with E-state index < -0.39 is 0 Å². The van der Waals surface area contributed by atoms with E-state index in [9.17, 15) is 0 Å². The van der Waals surface area contributed by atoms with Crippen molar-refractivity contribution in [3.8, 4) is 0 Å². The summed E-state index contributed by atoms with van der Waals surface area (Å²) in [4.78, 5) is 2.62. The number of unbranched alkanes of at least 4 members (excludes halogenated alkanes) is 1. The van der Waals surface area contributed by atoms with Crippen LogP contribution in [0, 0.1) is 5.92 Å². The molecular weight excluding hydrogens is 208 g/mol. The molecule has 2 nitrogen and oxygen atoms in total. The number of hydrogen-bond acceptors (Lipinski definition) is 2. The molecule has 2 heterocycles. The van der Waals surface area contributed by atoms with Gasteiger partial charge in [0.05, 0.1) is 0 Å². The predicted molar refractivity (Wildman–Crippen MR) is 74.3 cm³/mol. The fraction of sp³-hybridized carbons (Fsp3) is 1.00. The first-order valence-electron chi connectivity index (χ1n) is 7.62. The lowest BCUT2D eigenvalue weighted by molar-refractivity contribution is 0.148. The molecule has 0 saturated carbocycles. The van der Waals surface area contributed by atoms with Crippen molar-refractivity contribution < 1.29 is 0 Å². The summed E-state index contributed by atoms with van der Waals surface area (Å²) in [6.45, 7) is 5.88. The molecule has 2 unspecified atom stereocenters. The summed E-state index contributed by atoms with van der Waals surface area (Å²) >= 11 is 0. The van der Waals surface area contributed by atoms with Crippen LogP contribution in [0.25, 0.3) is 0 Å². The van der Waals surface area contributed by atoms with Gasteiger partial charge in [0, 0.05) is 18.1 Å². The highest BCUT2D eigenvalue weighted by molar-refractivity contribution is 4.95. The van der Waals surface area contributed by atoms with Gasteiger partial charge in [-0.25, -0.2) is 0 Å². The number of fused-ring (bicyclic) bond motifs is 2. The minimum absolute atomic E-state index is 0.808. The van der Waals surface area contributed by atoms with Crippen molar-refractivity contribution in [3.63, 3.8) is 0 Å². The van der Waals surface area contributed by atoms with Crippen LogP contribution in [-0.2, 0) is 0 Å². The van der Waals surface area contributed by atoms with Gasteiger partial charge >= 0.3 is 0 Å². The van der Waals surface area contributed by atoms with Gasteiger partial charge in [0.1, 0.15) is 0 Å². The Labute approximate surface area is 107 Å². The molecule has 2 aliphatic heterocycles. The summed E-state index contributed by atoms with van der Waals surface area (Å²) in [5.41, 5.74) is 0. The molecule has 1 N–H and O–H groups in total. The SMILES string of the molecule is CC(C)CCCCNC1CC2CCC(C1)N2C. The van der Waals surface area contributed by atoms with Gasteiger partial charge in [-0.05, 0) is 51.6 Å². The average Bonchev–Trinajstić information content (AvgIpc) is 2.52. The Balaban J connectivity index is 1.58. The van der Waals surface area contributed by atoms with Crippen LogP contribution in [0.5, 0.6) is 0 Å². The highest BCUT2D eigenvalue weighted by atomic mass is 15.2. The third kappa shape index (κ3) is 3.69. The van der Waals surface area contributed by atoms with Crippen molar-refractivity contribution in [2.24, 2.45) is 5.92 Å². The monoisotopic (exact) mass is 238 g/mol. The Hall–Kier alpha value is -0.0800. The molecule has 0 aromatic rings. The van der Waals surface area contributed by atoms with Crippen molar-refractivity contribution in [2.45, 2.75) is 76.9 Å². The number of rotatable bonds is 6. The maximum atomic E-state index is 3.79. The molecule has 2 aliphatic rings. The second kappa shape index (κ2) is 6.19. The van der Waals surface area contributed by atoms with Crippen LogP contribution in [0.4, 0.5) is 0 Å². The van der Waals surface area contributed by atoms with E-state index >= 15 is 0 Å². The van der Waals surface area contributed by atoms with Crippen molar-refractivity contribution in [2.75, 3.05) is 13.6 Å². The first-order valence-corrected chi connectivity index (χ1v) is 7.62. The van der Waals surface area contributed by atoms with Crippen LogP contribution in [0.2, 0.25) is 0 Å². The zero-order valence-electron chi connectivity index (χ0n) is 11.9. The highest BCUT2D eigenvalue weighted by Gasteiger charge is 2.37. The van der Waals surface area contributed by atoms with Gasteiger partial charge in [-0.2, -0.15) is 0 Å². The quantitative estimate of drug-likeness (QED) is 0.716. The van der Waals surface area contributed by atoms with Crippen LogP contribution in [0.3, 0.4) is 0 Å². The summed E-state index contributed by atoms with van der Waals surface area (Å²) in [6.07, 6.45) is 9.79. The van der Waals surface area contributed by atoms with Gasteiger partial charge in [0.2, 0.25) is 0 Å². The number of nitrogens with zero attached hydrogens (tertiary/aromatic N) is 1. The highest BCUT2D eigenvalue weighted by Crippen LogP contribution is 2.34. The first-order chi connectivity index (χ1) is 8.16. The van der Waals surface area contributed by atoms with E-state index in [0.717, 1.165) is 24.0 Å². The number of hydrogen-bond donors (Lipinski definition) is 1. The van der Waals surface area contributed by atoms with Crippen LogP contribution >= 0.6 is 0 Å². The Morgan fingerprint density at radius 2 is 1.76 bits per heavy atom. The summed E-state index contributed by atoms with van der Waals surface area (Å²) in [5.74, 6) is 0.870. The molecule has 0 amide bonds. The molecule has 2 heteroatoms. The van der Waals surface area contributed by atoms with E-state index in [-0.39, 0.29) is 0 Å². The van der Waals surface area contributed by atoms with Crippen LogP contribution in [0.15, 0.2) is 0 Å². The largest absolute Gasteiger partial charge is 0.314 e. The fourth-order valence-corrected chi connectivity index (χ4v) is 3.56. The molecule has 2 rings (SSSR count). The van der Waals surface area contributed by atoms with Crippen molar-refractivity contribution >= 4 is 0 Å². The maximum absolute atomic E-state index is 3.79. The van der Waals surface area contributed by atoms with Gasteiger partial charge < -0.3 is 10.2 Å². The van der Waals surface area contributed by atoms with Crippen molar-refractivity contribution in [3.05, 3.63) is 0 Å². The topological polar surface area (TPSA) is 15.3 Å². The standard InChI is InChI=1S/C15H30N2/c1-12(2)6-4-5-9-16-13-10-14-7-8-15(11-13)17(14)3/h12-16H,4-11H2,1-3H3. The molecule has 0 aliphatic carbocycles. The second-order valence-corrected chi connectivity index (χ2v) is 6.56. The summed E-state index contributed by atoms with van der Waals surface area (Å²) in [7, 11) is 2.32. The van der Waals surface area contributed by atoms with Crippen LogP contribution in [0.1, 0.15) is 58.8 Å².